The number of carbonyl (C=O) groups excluding carboxylic acids is 1. The molecule has 0 aromatic heterocycles. The van der Waals surface area contributed by atoms with Gasteiger partial charge in [0.25, 0.3) is 0 Å². The molecule has 0 spiro atoms. The molecular weight excluding hydrogens is 346 g/mol. The van der Waals surface area contributed by atoms with Gasteiger partial charge in [-0.05, 0) is 43.4 Å². The summed E-state index contributed by atoms with van der Waals surface area (Å²) in [5.74, 6) is 0. The van der Waals surface area contributed by atoms with Gasteiger partial charge >= 0.3 is 6.03 Å². The second-order valence-corrected chi connectivity index (χ2v) is 7.70. The number of rotatable bonds is 4. The van der Waals surface area contributed by atoms with Crippen LogP contribution in [0.5, 0.6) is 0 Å². The highest BCUT2D eigenvalue weighted by molar-refractivity contribution is 6.33. The van der Waals surface area contributed by atoms with Gasteiger partial charge in [-0.3, -0.25) is 4.90 Å². The van der Waals surface area contributed by atoms with Gasteiger partial charge in [-0.1, -0.05) is 54.1 Å². The molecule has 2 aliphatic rings. The van der Waals surface area contributed by atoms with Crippen LogP contribution in [0.3, 0.4) is 0 Å². The third-order valence-electron chi connectivity index (χ3n) is 5.55. The number of piperidine rings is 1. The first kappa shape index (κ1) is 17.4. The molecule has 0 radical (unpaired) electrons. The molecule has 0 aliphatic carbocycles. The van der Waals surface area contributed by atoms with E-state index in [-0.39, 0.29) is 12.1 Å². The summed E-state index contributed by atoms with van der Waals surface area (Å²) >= 11 is 6.11. The summed E-state index contributed by atoms with van der Waals surface area (Å²) in [4.78, 5) is 15.0. The van der Waals surface area contributed by atoms with Crippen LogP contribution in [0.2, 0.25) is 5.02 Å². The zero-order valence-electron chi connectivity index (χ0n) is 14.7. The Hall–Kier alpha value is -2.04. The van der Waals surface area contributed by atoms with Crippen LogP contribution in [0.4, 0.5) is 10.5 Å². The van der Waals surface area contributed by atoms with Crippen LogP contribution < -0.4 is 10.6 Å². The zero-order valence-corrected chi connectivity index (χ0v) is 15.5. The topological polar surface area (TPSA) is 44.4 Å². The molecule has 2 saturated heterocycles. The van der Waals surface area contributed by atoms with Gasteiger partial charge in [0, 0.05) is 24.7 Å². The second kappa shape index (κ2) is 7.68. The average molecular weight is 370 g/mol. The van der Waals surface area contributed by atoms with Gasteiger partial charge in [0.15, 0.2) is 0 Å². The predicted octanol–water partition coefficient (Wildman–Crippen LogP) is 4.66. The normalized spacial score (nSPS) is 25.0. The van der Waals surface area contributed by atoms with Gasteiger partial charge in [0.1, 0.15) is 0 Å². The SMILES string of the molecule is O=C(Nc1ccccc1Cl)NC1CC2CCC(C1)N2Cc1ccccc1. The predicted molar refractivity (Wildman–Crippen MR) is 105 cm³/mol. The van der Waals surface area contributed by atoms with Crippen molar-refractivity contribution < 1.29 is 4.79 Å². The maximum absolute atomic E-state index is 12.3. The number of hydrogen-bond donors (Lipinski definition) is 2. The Morgan fingerprint density at radius 1 is 1.00 bits per heavy atom. The Morgan fingerprint density at radius 2 is 1.65 bits per heavy atom. The summed E-state index contributed by atoms with van der Waals surface area (Å²) in [5.41, 5.74) is 2.02. The van der Waals surface area contributed by atoms with Crippen LogP contribution >= 0.6 is 11.6 Å². The van der Waals surface area contributed by atoms with Gasteiger partial charge < -0.3 is 10.6 Å². The molecule has 5 heteroatoms. The Labute approximate surface area is 159 Å². The molecule has 4 rings (SSSR count). The first-order chi connectivity index (χ1) is 12.7. The second-order valence-electron chi connectivity index (χ2n) is 7.29. The van der Waals surface area contributed by atoms with E-state index in [2.05, 4.69) is 45.9 Å². The highest BCUT2D eigenvalue weighted by Gasteiger charge is 2.40. The van der Waals surface area contributed by atoms with Gasteiger partial charge in [0.2, 0.25) is 0 Å². The molecule has 2 fully saturated rings. The van der Waals surface area contributed by atoms with Crippen molar-refractivity contribution in [2.45, 2.75) is 50.4 Å². The van der Waals surface area contributed by atoms with Gasteiger partial charge in [0.05, 0.1) is 10.7 Å². The molecule has 136 valence electrons. The minimum absolute atomic E-state index is 0.168. The lowest BCUT2D eigenvalue weighted by molar-refractivity contribution is 0.112. The van der Waals surface area contributed by atoms with E-state index < -0.39 is 0 Å². The monoisotopic (exact) mass is 369 g/mol. The number of halogens is 1. The van der Waals surface area contributed by atoms with Crippen LogP contribution in [0.25, 0.3) is 0 Å². The maximum atomic E-state index is 12.3. The number of urea groups is 1. The number of anilines is 1. The van der Waals surface area contributed by atoms with E-state index in [9.17, 15) is 4.79 Å². The lowest BCUT2D eigenvalue weighted by Gasteiger charge is -2.39. The Balaban J connectivity index is 1.34. The molecule has 2 atom stereocenters. The molecule has 0 saturated carbocycles. The Kier molecular flexibility index (Phi) is 5.14. The number of hydrogen-bond acceptors (Lipinski definition) is 2. The van der Waals surface area contributed by atoms with Crippen LogP contribution in [-0.4, -0.2) is 29.1 Å². The fourth-order valence-electron chi connectivity index (χ4n) is 4.35. The average Bonchev–Trinajstić information content (AvgIpc) is 2.87. The number of fused-ring (bicyclic) bond motifs is 2. The fraction of sp³-hybridized carbons (Fsp3) is 0.381. The lowest BCUT2D eigenvalue weighted by Crippen LogP contribution is -2.50. The molecule has 2 aromatic carbocycles. The van der Waals surface area contributed by atoms with Crippen LogP contribution in [0.15, 0.2) is 54.6 Å². The molecule has 2 amide bonds. The van der Waals surface area contributed by atoms with E-state index in [0.717, 1.165) is 19.4 Å². The van der Waals surface area contributed by atoms with Crippen LogP contribution in [-0.2, 0) is 6.54 Å². The van der Waals surface area contributed by atoms with Crippen LogP contribution in [0, 0.1) is 0 Å². The summed E-state index contributed by atoms with van der Waals surface area (Å²) in [5, 5.41) is 6.56. The number of para-hydroxylation sites is 1. The molecule has 4 nitrogen and oxygen atoms in total. The van der Waals surface area contributed by atoms with E-state index in [1.54, 1.807) is 6.07 Å². The standard InChI is InChI=1S/C21H24ClN3O/c22-19-8-4-5-9-20(19)24-21(26)23-16-12-17-10-11-18(13-16)25(17)14-15-6-2-1-3-7-15/h1-9,16-18H,10-14H2,(H2,23,24,26). The summed E-state index contributed by atoms with van der Waals surface area (Å²) < 4.78 is 0. The smallest absolute Gasteiger partial charge is 0.319 e. The lowest BCUT2D eigenvalue weighted by atomic mass is 9.96. The minimum atomic E-state index is -0.168. The fourth-order valence-corrected chi connectivity index (χ4v) is 4.53. The first-order valence-corrected chi connectivity index (χ1v) is 9.68. The van der Waals surface area contributed by atoms with E-state index in [0.29, 0.717) is 22.8 Å². The van der Waals surface area contributed by atoms with Crippen molar-refractivity contribution >= 4 is 23.3 Å². The molecule has 2 heterocycles. The Bertz CT molecular complexity index is 753. The minimum Gasteiger partial charge on any atom is -0.335 e. The number of nitrogens with zero attached hydrogens (tertiary/aromatic N) is 1. The van der Waals surface area contributed by atoms with Crippen LogP contribution in [0.1, 0.15) is 31.2 Å². The van der Waals surface area contributed by atoms with Crippen molar-refractivity contribution in [3.8, 4) is 0 Å². The van der Waals surface area contributed by atoms with Crippen molar-refractivity contribution in [2.75, 3.05) is 5.32 Å². The van der Waals surface area contributed by atoms with E-state index in [1.165, 1.54) is 18.4 Å². The molecule has 26 heavy (non-hydrogen) atoms. The number of amides is 2. The molecule has 2 N–H and O–H groups in total. The summed E-state index contributed by atoms with van der Waals surface area (Å²) in [6, 6.07) is 19.1. The van der Waals surface area contributed by atoms with Gasteiger partial charge in [-0.2, -0.15) is 0 Å². The molecule has 2 aromatic rings. The van der Waals surface area contributed by atoms with Crippen molar-refractivity contribution in [2.24, 2.45) is 0 Å². The summed E-state index contributed by atoms with van der Waals surface area (Å²) in [6.07, 6.45) is 4.47. The maximum Gasteiger partial charge on any atom is 0.319 e. The number of benzene rings is 2. The zero-order chi connectivity index (χ0) is 17.9. The summed E-state index contributed by atoms with van der Waals surface area (Å²) in [7, 11) is 0. The van der Waals surface area contributed by atoms with Crippen molar-refractivity contribution in [3.05, 3.63) is 65.2 Å². The van der Waals surface area contributed by atoms with Crippen molar-refractivity contribution in [1.29, 1.82) is 0 Å². The van der Waals surface area contributed by atoms with E-state index >= 15 is 0 Å². The third-order valence-corrected chi connectivity index (χ3v) is 5.88. The quantitative estimate of drug-likeness (QED) is 0.823. The molecular formula is C21H24ClN3O. The molecule has 2 bridgehead atoms. The summed E-state index contributed by atoms with van der Waals surface area (Å²) in [6.45, 7) is 1.01. The number of nitrogens with one attached hydrogen (secondary N) is 2. The van der Waals surface area contributed by atoms with Gasteiger partial charge in [-0.25, -0.2) is 4.79 Å². The highest BCUT2D eigenvalue weighted by atomic mass is 35.5. The van der Waals surface area contributed by atoms with Crippen molar-refractivity contribution in [3.63, 3.8) is 0 Å². The highest BCUT2D eigenvalue weighted by Crippen LogP contribution is 2.36. The third kappa shape index (κ3) is 3.87. The number of carbonyl (C=O) groups is 1. The molecule has 2 unspecified atom stereocenters. The first-order valence-electron chi connectivity index (χ1n) is 9.31. The molecule has 2 aliphatic heterocycles. The van der Waals surface area contributed by atoms with E-state index in [1.807, 2.05) is 18.2 Å². The van der Waals surface area contributed by atoms with Crippen molar-refractivity contribution in [1.82, 2.24) is 10.2 Å². The van der Waals surface area contributed by atoms with E-state index in [4.69, 9.17) is 11.6 Å². The largest absolute Gasteiger partial charge is 0.335 e. The Morgan fingerprint density at radius 3 is 2.35 bits per heavy atom. The van der Waals surface area contributed by atoms with Gasteiger partial charge in [-0.15, -0.1) is 0 Å².